The van der Waals surface area contributed by atoms with Crippen molar-refractivity contribution < 1.29 is 27.9 Å². The molecule has 164 valence electrons. The molecule has 2 fully saturated rings. The molecular formula is C19H22F3N3O3S2. The standard InChI is InChI=1S/C17H21N3OS2.C2HF3O2/c1-12-3-4-16(23-12)20-11-17(7-15(20)21)5-6-19(10-17)8-14-9-22-13(2)18-14;3-2(4,5)1(6)7/h3-4,9H,5-8,10-11H2,1-2H3;(H,6,7). The predicted octanol–water partition coefficient (Wildman–Crippen LogP) is 4.08. The van der Waals surface area contributed by atoms with Crippen LogP contribution in [0.1, 0.15) is 28.4 Å². The van der Waals surface area contributed by atoms with Gasteiger partial charge >= 0.3 is 12.1 Å². The number of hydrogen-bond donors (Lipinski definition) is 1. The van der Waals surface area contributed by atoms with Crippen molar-refractivity contribution in [2.24, 2.45) is 5.41 Å². The van der Waals surface area contributed by atoms with Gasteiger partial charge in [0.15, 0.2) is 0 Å². The van der Waals surface area contributed by atoms with E-state index in [4.69, 9.17) is 9.90 Å². The summed E-state index contributed by atoms with van der Waals surface area (Å²) in [6.45, 7) is 8.02. The van der Waals surface area contributed by atoms with Gasteiger partial charge in [-0.05, 0) is 38.9 Å². The summed E-state index contributed by atoms with van der Waals surface area (Å²) in [7, 11) is 0. The number of carboxylic acids is 1. The first-order valence-corrected chi connectivity index (χ1v) is 11.0. The van der Waals surface area contributed by atoms with Gasteiger partial charge in [-0.25, -0.2) is 9.78 Å². The molecule has 4 heterocycles. The van der Waals surface area contributed by atoms with Gasteiger partial charge in [0.25, 0.3) is 0 Å². The van der Waals surface area contributed by atoms with Gasteiger partial charge in [-0.15, -0.1) is 22.7 Å². The minimum atomic E-state index is -5.08. The van der Waals surface area contributed by atoms with Crippen LogP contribution in [0.2, 0.25) is 0 Å². The number of aryl methyl sites for hydroxylation is 2. The number of alkyl halides is 3. The molecule has 0 bridgehead atoms. The quantitative estimate of drug-likeness (QED) is 0.746. The minimum absolute atomic E-state index is 0.139. The first-order chi connectivity index (χ1) is 14.0. The summed E-state index contributed by atoms with van der Waals surface area (Å²) in [4.78, 5) is 31.7. The molecule has 30 heavy (non-hydrogen) atoms. The number of carbonyl (C=O) groups excluding carboxylic acids is 1. The normalized spacial score (nSPS) is 21.9. The summed E-state index contributed by atoms with van der Waals surface area (Å²) in [6.07, 6.45) is -3.28. The third kappa shape index (κ3) is 5.38. The molecule has 0 radical (unpaired) electrons. The Hall–Kier alpha value is -1.98. The van der Waals surface area contributed by atoms with Crippen LogP contribution in [0.25, 0.3) is 0 Å². The van der Waals surface area contributed by atoms with Crippen molar-refractivity contribution in [2.75, 3.05) is 24.5 Å². The van der Waals surface area contributed by atoms with E-state index in [1.54, 1.807) is 22.7 Å². The first kappa shape index (κ1) is 22.7. The van der Waals surface area contributed by atoms with Gasteiger partial charge in [0, 0.05) is 41.7 Å². The predicted molar refractivity (Wildman–Crippen MR) is 109 cm³/mol. The molecule has 1 N–H and O–H groups in total. The van der Waals surface area contributed by atoms with Gasteiger partial charge in [0.05, 0.1) is 15.7 Å². The zero-order chi connectivity index (χ0) is 22.1. The van der Waals surface area contributed by atoms with E-state index in [0.29, 0.717) is 12.3 Å². The van der Waals surface area contributed by atoms with Crippen molar-refractivity contribution in [3.63, 3.8) is 0 Å². The molecule has 4 rings (SSSR count). The van der Waals surface area contributed by atoms with Gasteiger partial charge in [-0.2, -0.15) is 13.2 Å². The largest absolute Gasteiger partial charge is 0.490 e. The lowest BCUT2D eigenvalue weighted by atomic mass is 9.86. The molecule has 1 atom stereocenters. The number of carbonyl (C=O) groups is 2. The Kier molecular flexibility index (Phi) is 6.54. The number of aromatic nitrogens is 1. The zero-order valence-electron chi connectivity index (χ0n) is 16.5. The van der Waals surface area contributed by atoms with Crippen molar-refractivity contribution in [3.05, 3.63) is 33.1 Å². The van der Waals surface area contributed by atoms with E-state index in [1.807, 2.05) is 4.90 Å². The van der Waals surface area contributed by atoms with E-state index in [2.05, 4.69) is 41.2 Å². The van der Waals surface area contributed by atoms with Crippen molar-refractivity contribution in [1.82, 2.24) is 9.88 Å². The van der Waals surface area contributed by atoms with Crippen LogP contribution in [0, 0.1) is 19.3 Å². The molecule has 1 amide bonds. The van der Waals surface area contributed by atoms with Crippen LogP contribution in [0.15, 0.2) is 17.5 Å². The monoisotopic (exact) mass is 461 g/mol. The van der Waals surface area contributed by atoms with E-state index in [9.17, 15) is 18.0 Å². The lowest BCUT2D eigenvalue weighted by Crippen LogP contribution is -2.30. The van der Waals surface area contributed by atoms with E-state index in [0.717, 1.165) is 42.6 Å². The second kappa shape index (κ2) is 8.64. The highest BCUT2D eigenvalue weighted by Crippen LogP contribution is 2.43. The number of carboxylic acid groups (broad SMARTS) is 1. The highest BCUT2D eigenvalue weighted by Gasteiger charge is 2.48. The smallest absolute Gasteiger partial charge is 0.475 e. The number of nitrogens with zero attached hydrogens (tertiary/aromatic N) is 3. The summed E-state index contributed by atoms with van der Waals surface area (Å²) in [5.74, 6) is -2.47. The van der Waals surface area contributed by atoms with Crippen LogP contribution < -0.4 is 4.90 Å². The number of likely N-dealkylation sites (tertiary alicyclic amines) is 1. The van der Waals surface area contributed by atoms with Crippen LogP contribution in [0.5, 0.6) is 0 Å². The number of halogens is 3. The highest BCUT2D eigenvalue weighted by atomic mass is 32.1. The lowest BCUT2D eigenvalue weighted by Gasteiger charge is -2.23. The fraction of sp³-hybridized carbons (Fsp3) is 0.526. The van der Waals surface area contributed by atoms with Crippen LogP contribution >= 0.6 is 22.7 Å². The summed E-state index contributed by atoms with van der Waals surface area (Å²) in [5.41, 5.74) is 1.31. The Balaban J connectivity index is 0.000000318. The van der Waals surface area contributed by atoms with E-state index in [1.165, 1.54) is 10.6 Å². The third-order valence-electron chi connectivity index (χ3n) is 5.13. The van der Waals surface area contributed by atoms with Crippen molar-refractivity contribution in [2.45, 2.75) is 39.4 Å². The molecule has 1 spiro atoms. The first-order valence-electron chi connectivity index (χ1n) is 9.28. The SMILES string of the molecule is Cc1ccc(N2CC3(CCN(Cc4csc(C)n4)C3)CC2=O)s1.O=C(O)C(F)(F)F. The molecule has 2 aliphatic rings. The summed E-state index contributed by atoms with van der Waals surface area (Å²) in [5, 5.41) is 11.5. The maximum Gasteiger partial charge on any atom is 0.490 e. The molecule has 0 aromatic carbocycles. The third-order valence-corrected chi connectivity index (χ3v) is 6.97. The molecule has 0 saturated carbocycles. The van der Waals surface area contributed by atoms with Crippen LogP contribution in [0.3, 0.4) is 0 Å². The zero-order valence-corrected chi connectivity index (χ0v) is 18.2. The number of aliphatic carboxylic acids is 1. The number of amides is 1. The van der Waals surface area contributed by atoms with Crippen molar-refractivity contribution in [1.29, 1.82) is 0 Å². The molecule has 2 aromatic heterocycles. The van der Waals surface area contributed by atoms with Gasteiger partial charge in [-0.1, -0.05) is 0 Å². The van der Waals surface area contributed by atoms with Crippen molar-refractivity contribution >= 4 is 39.6 Å². The molecule has 2 saturated heterocycles. The molecule has 2 aromatic rings. The topological polar surface area (TPSA) is 73.7 Å². The van der Waals surface area contributed by atoms with Gasteiger partial charge < -0.3 is 10.0 Å². The van der Waals surface area contributed by atoms with Crippen LogP contribution in [-0.4, -0.2) is 52.7 Å². The Morgan fingerprint density at radius 3 is 2.53 bits per heavy atom. The Morgan fingerprint density at radius 1 is 1.30 bits per heavy atom. The lowest BCUT2D eigenvalue weighted by molar-refractivity contribution is -0.192. The molecule has 6 nitrogen and oxygen atoms in total. The average molecular weight is 462 g/mol. The van der Waals surface area contributed by atoms with Gasteiger partial charge in [-0.3, -0.25) is 9.69 Å². The van der Waals surface area contributed by atoms with Crippen LogP contribution in [0.4, 0.5) is 18.2 Å². The van der Waals surface area contributed by atoms with Gasteiger partial charge in [0.2, 0.25) is 5.91 Å². The van der Waals surface area contributed by atoms with Gasteiger partial charge in [0.1, 0.15) is 0 Å². The average Bonchev–Trinajstić information content (AvgIpc) is 3.39. The summed E-state index contributed by atoms with van der Waals surface area (Å²) >= 11 is 3.43. The fourth-order valence-electron chi connectivity index (χ4n) is 3.81. The Bertz CT molecular complexity index is 928. The Labute approximate surface area is 179 Å². The maximum atomic E-state index is 12.5. The number of anilines is 1. The highest BCUT2D eigenvalue weighted by molar-refractivity contribution is 7.16. The maximum absolute atomic E-state index is 12.5. The number of thiophene rings is 1. The summed E-state index contributed by atoms with van der Waals surface area (Å²) < 4.78 is 31.7. The molecular weight excluding hydrogens is 439 g/mol. The van der Waals surface area contributed by atoms with E-state index >= 15 is 0 Å². The Morgan fingerprint density at radius 2 is 2.00 bits per heavy atom. The number of rotatable bonds is 3. The fourth-order valence-corrected chi connectivity index (χ4v) is 5.29. The second-order valence-corrected chi connectivity index (χ2v) is 9.99. The molecule has 11 heteroatoms. The minimum Gasteiger partial charge on any atom is -0.475 e. The molecule has 0 aliphatic carbocycles. The molecule has 2 aliphatic heterocycles. The number of thiazole rings is 1. The van der Waals surface area contributed by atoms with E-state index < -0.39 is 12.1 Å². The second-order valence-electron chi connectivity index (χ2n) is 7.66. The van der Waals surface area contributed by atoms with Crippen molar-refractivity contribution in [3.8, 4) is 0 Å². The number of hydrogen-bond acceptors (Lipinski definition) is 6. The summed E-state index contributed by atoms with van der Waals surface area (Å²) in [6, 6.07) is 4.19. The molecule has 1 unspecified atom stereocenters. The van der Waals surface area contributed by atoms with Crippen LogP contribution in [-0.2, 0) is 16.1 Å². The van der Waals surface area contributed by atoms with E-state index in [-0.39, 0.29) is 5.41 Å².